The van der Waals surface area contributed by atoms with Crippen LogP contribution in [-0.2, 0) is 33.7 Å². The van der Waals surface area contributed by atoms with Gasteiger partial charge in [0, 0.05) is 44.3 Å². The molecule has 0 bridgehead atoms. The molecule has 10 nitrogen and oxygen atoms in total. The first kappa shape index (κ1) is 33.1. The predicted octanol–water partition coefficient (Wildman–Crippen LogP) is 5.22. The number of amides is 2. The molecule has 2 heterocycles. The standard InChI is InChI=1S/C36H44N2O8/c1-25(39)37-17-15-27-8-5-9-28-21-31(46-35(27)28)24-45-34-22-38(36(40)41)18-16-32(34)26-11-13-30(14-12-26)44-20-6-19-43-23-29-7-3-4-10-33(29)42-2/h3-5,7-14,31-32,34H,6,15-24H2,1-2H3,(H,37,39)(H,40,41)/t31-,32?,34-/m1/s1. The summed E-state index contributed by atoms with van der Waals surface area (Å²) in [7, 11) is 1.66. The van der Waals surface area contributed by atoms with E-state index in [9.17, 15) is 14.7 Å². The Morgan fingerprint density at radius 2 is 1.83 bits per heavy atom. The third-order valence-electron chi connectivity index (χ3n) is 8.46. The summed E-state index contributed by atoms with van der Waals surface area (Å²) in [5, 5.41) is 12.5. The predicted molar refractivity (Wildman–Crippen MR) is 173 cm³/mol. The first-order valence-electron chi connectivity index (χ1n) is 15.9. The van der Waals surface area contributed by atoms with Crippen LogP contribution in [0.4, 0.5) is 4.79 Å². The highest BCUT2D eigenvalue weighted by molar-refractivity contribution is 5.72. The number of carbonyl (C=O) groups is 2. The van der Waals surface area contributed by atoms with Gasteiger partial charge < -0.3 is 39.0 Å². The van der Waals surface area contributed by atoms with Crippen LogP contribution >= 0.6 is 0 Å². The number of benzene rings is 3. The molecule has 2 aliphatic heterocycles. The van der Waals surface area contributed by atoms with E-state index < -0.39 is 6.09 Å². The van der Waals surface area contributed by atoms with Gasteiger partial charge >= 0.3 is 6.09 Å². The van der Waals surface area contributed by atoms with Gasteiger partial charge in [-0.05, 0) is 47.7 Å². The van der Waals surface area contributed by atoms with E-state index in [1.54, 1.807) is 7.11 Å². The van der Waals surface area contributed by atoms with Crippen molar-refractivity contribution in [3.8, 4) is 17.2 Å². The topological polar surface area (TPSA) is 116 Å². The average Bonchev–Trinajstić information content (AvgIpc) is 3.49. The Bertz CT molecular complexity index is 1450. The summed E-state index contributed by atoms with van der Waals surface area (Å²) < 4.78 is 29.9. The van der Waals surface area contributed by atoms with E-state index in [1.165, 1.54) is 11.8 Å². The third-order valence-corrected chi connectivity index (χ3v) is 8.46. The second-order valence-corrected chi connectivity index (χ2v) is 11.7. The van der Waals surface area contributed by atoms with Crippen LogP contribution in [0.1, 0.15) is 47.9 Å². The Morgan fingerprint density at radius 3 is 2.61 bits per heavy atom. The number of likely N-dealkylation sites (tertiary alicyclic amines) is 1. The summed E-state index contributed by atoms with van der Waals surface area (Å²) in [5.41, 5.74) is 4.30. The SMILES string of the molecule is COc1ccccc1COCCCOc1ccc(C2CCN(C(=O)O)C[C@H]2OC[C@H]2Cc3cccc(CCNC(C)=O)c3O2)cc1. The van der Waals surface area contributed by atoms with Gasteiger partial charge in [-0.3, -0.25) is 4.79 Å². The third kappa shape index (κ3) is 8.92. The zero-order valence-electron chi connectivity index (χ0n) is 26.6. The van der Waals surface area contributed by atoms with Crippen molar-refractivity contribution >= 4 is 12.0 Å². The molecule has 0 aliphatic carbocycles. The van der Waals surface area contributed by atoms with Crippen LogP contribution in [0.5, 0.6) is 17.2 Å². The molecular formula is C36H44N2O8. The molecule has 0 spiro atoms. The number of ether oxygens (including phenoxy) is 5. The van der Waals surface area contributed by atoms with Crippen molar-refractivity contribution in [2.24, 2.45) is 0 Å². The zero-order valence-corrected chi connectivity index (χ0v) is 26.6. The fraction of sp³-hybridized carbons (Fsp3) is 0.444. The first-order chi connectivity index (χ1) is 22.4. The van der Waals surface area contributed by atoms with Crippen LogP contribution in [0, 0.1) is 0 Å². The van der Waals surface area contributed by atoms with Gasteiger partial charge in [-0.25, -0.2) is 4.79 Å². The molecule has 0 radical (unpaired) electrons. The Hall–Kier alpha value is -4.28. The van der Waals surface area contributed by atoms with Crippen molar-refractivity contribution in [1.29, 1.82) is 0 Å². The normalized spacial score (nSPS) is 18.8. The lowest BCUT2D eigenvalue weighted by Crippen LogP contribution is -2.47. The van der Waals surface area contributed by atoms with E-state index >= 15 is 0 Å². The van der Waals surface area contributed by atoms with Crippen molar-refractivity contribution < 1.29 is 38.4 Å². The molecule has 3 aromatic rings. The quantitative estimate of drug-likeness (QED) is 0.219. The van der Waals surface area contributed by atoms with Crippen LogP contribution < -0.4 is 19.5 Å². The summed E-state index contributed by atoms with van der Waals surface area (Å²) in [6.45, 7) is 4.77. The molecule has 5 rings (SSSR count). The molecule has 1 saturated heterocycles. The minimum absolute atomic E-state index is 0.0463. The molecule has 2 N–H and O–H groups in total. The minimum atomic E-state index is -0.934. The van der Waals surface area contributed by atoms with Gasteiger partial charge in [0.15, 0.2) is 0 Å². The largest absolute Gasteiger partial charge is 0.496 e. The highest BCUT2D eigenvalue weighted by Gasteiger charge is 2.35. The molecule has 2 aliphatic rings. The molecule has 1 fully saturated rings. The fourth-order valence-electron chi connectivity index (χ4n) is 6.10. The number of para-hydroxylation sites is 2. The number of nitrogens with zero attached hydrogens (tertiary/aromatic N) is 1. The number of carbonyl (C=O) groups excluding carboxylic acids is 1. The van der Waals surface area contributed by atoms with Crippen molar-refractivity contribution in [3.63, 3.8) is 0 Å². The molecule has 10 heteroatoms. The minimum Gasteiger partial charge on any atom is -0.496 e. The van der Waals surface area contributed by atoms with E-state index in [1.807, 2.05) is 60.7 Å². The maximum atomic E-state index is 11.8. The highest BCUT2D eigenvalue weighted by atomic mass is 16.5. The second kappa shape index (κ2) is 16.3. The monoisotopic (exact) mass is 632 g/mol. The van der Waals surface area contributed by atoms with Crippen molar-refractivity contribution in [2.75, 3.05) is 46.6 Å². The molecule has 3 atom stereocenters. The molecule has 0 saturated carbocycles. The Morgan fingerprint density at radius 1 is 1.02 bits per heavy atom. The van der Waals surface area contributed by atoms with Crippen molar-refractivity contribution in [3.05, 3.63) is 89.0 Å². The smallest absolute Gasteiger partial charge is 0.407 e. The first-order valence-corrected chi connectivity index (χ1v) is 15.9. The molecule has 1 unspecified atom stereocenters. The van der Waals surface area contributed by atoms with E-state index in [4.69, 9.17) is 23.7 Å². The van der Waals surface area contributed by atoms with Crippen LogP contribution in [0.15, 0.2) is 66.7 Å². The summed E-state index contributed by atoms with van der Waals surface area (Å²) >= 11 is 0. The summed E-state index contributed by atoms with van der Waals surface area (Å²) in [6.07, 6.45) is 1.43. The van der Waals surface area contributed by atoms with Crippen LogP contribution in [0.2, 0.25) is 0 Å². The number of piperidine rings is 1. The summed E-state index contributed by atoms with van der Waals surface area (Å²) in [4.78, 5) is 24.5. The van der Waals surface area contributed by atoms with Gasteiger partial charge in [0.2, 0.25) is 5.91 Å². The van der Waals surface area contributed by atoms with Gasteiger partial charge in [-0.15, -0.1) is 0 Å². The maximum Gasteiger partial charge on any atom is 0.407 e. The Balaban J connectivity index is 1.11. The van der Waals surface area contributed by atoms with Gasteiger partial charge in [0.1, 0.15) is 23.4 Å². The Kier molecular flexibility index (Phi) is 11.7. The average molecular weight is 633 g/mol. The lowest BCUT2D eigenvalue weighted by molar-refractivity contribution is -0.118. The fourth-order valence-corrected chi connectivity index (χ4v) is 6.10. The van der Waals surface area contributed by atoms with Crippen molar-refractivity contribution in [2.45, 2.75) is 57.3 Å². The van der Waals surface area contributed by atoms with E-state index in [0.717, 1.165) is 52.3 Å². The second-order valence-electron chi connectivity index (χ2n) is 11.7. The van der Waals surface area contributed by atoms with Crippen LogP contribution in [-0.4, -0.2) is 80.8 Å². The molecular weight excluding hydrogens is 588 g/mol. The van der Waals surface area contributed by atoms with E-state index in [2.05, 4.69) is 11.4 Å². The van der Waals surface area contributed by atoms with Gasteiger partial charge in [-0.2, -0.15) is 0 Å². The number of hydrogen-bond acceptors (Lipinski definition) is 7. The number of hydrogen-bond donors (Lipinski definition) is 2. The number of nitrogens with one attached hydrogen (secondary N) is 1. The molecule has 2 amide bonds. The van der Waals surface area contributed by atoms with Crippen LogP contribution in [0.3, 0.4) is 0 Å². The van der Waals surface area contributed by atoms with Gasteiger partial charge in [0.25, 0.3) is 0 Å². The maximum absolute atomic E-state index is 11.8. The van der Waals surface area contributed by atoms with Gasteiger partial charge in [-0.1, -0.05) is 48.5 Å². The lowest BCUT2D eigenvalue weighted by atomic mass is 9.87. The molecule has 46 heavy (non-hydrogen) atoms. The number of carboxylic acid groups (broad SMARTS) is 1. The Labute approximate surface area is 270 Å². The van der Waals surface area contributed by atoms with Gasteiger partial charge in [0.05, 0.1) is 46.2 Å². The van der Waals surface area contributed by atoms with E-state index in [0.29, 0.717) is 58.9 Å². The summed E-state index contributed by atoms with van der Waals surface area (Å²) in [5.74, 6) is 2.46. The lowest BCUT2D eigenvalue weighted by Gasteiger charge is -2.37. The summed E-state index contributed by atoms with van der Waals surface area (Å²) in [6, 6.07) is 22.0. The number of rotatable bonds is 15. The highest BCUT2D eigenvalue weighted by Crippen LogP contribution is 2.35. The zero-order chi connectivity index (χ0) is 32.3. The van der Waals surface area contributed by atoms with Crippen LogP contribution in [0.25, 0.3) is 0 Å². The number of fused-ring (bicyclic) bond motifs is 1. The molecule has 3 aromatic carbocycles. The van der Waals surface area contributed by atoms with E-state index in [-0.39, 0.29) is 24.0 Å². The molecule has 246 valence electrons. The molecule has 0 aromatic heterocycles. The van der Waals surface area contributed by atoms with Crippen molar-refractivity contribution in [1.82, 2.24) is 10.2 Å². The number of methoxy groups -OCH3 is 1.